The SMILES string of the molecule is CC[C@H](C)[C@H](NC(=O)[C@H](CC(C)C)NC(=O)[C@@H](N)CO)C(=O)NCC(=O)N[C@@H](CCCN=C(N)N)C(=O)N[C@@H](Cc1ccc([N+](=O)[O-])cc1)C(N)=O. The Morgan fingerprint density at radius 2 is 1.46 bits per heavy atom. The van der Waals surface area contributed by atoms with Crippen LogP contribution < -0.4 is 49.5 Å². The minimum atomic E-state index is -1.25. The number of aliphatic imine (C=N–C) groups is 1. The van der Waals surface area contributed by atoms with E-state index in [0.717, 1.165) is 0 Å². The Morgan fingerprint density at radius 3 is 1.98 bits per heavy atom. The standard InChI is InChI=1S/C32H53N11O9/c1-5-18(4)26(42-30(49)24(13-17(2)3)41-28(47)21(33)16-44)31(50)38-15-25(45)39-22(7-6-12-37-32(35)36)29(48)40-23(27(34)46)14-19-8-10-20(11-9-19)43(51)52/h8-11,17-18,21-24,26,44H,5-7,12-16,33H2,1-4H3,(H2,34,46)(H,38,50)(H,39,45)(H,40,48)(H,41,47)(H,42,49)(H4,35,36,37)/t18-,21-,22-,23-,24-,26-/m0/s1. The maximum Gasteiger partial charge on any atom is 0.269 e. The maximum atomic E-state index is 13.3. The summed E-state index contributed by atoms with van der Waals surface area (Å²) in [5.74, 6) is -5.18. The van der Waals surface area contributed by atoms with E-state index in [1.807, 2.05) is 13.8 Å². The molecule has 0 saturated heterocycles. The van der Waals surface area contributed by atoms with Crippen LogP contribution in [0.2, 0.25) is 0 Å². The number of aliphatic hydroxyl groups is 1. The van der Waals surface area contributed by atoms with Gasteiger partial charge < -0.3 is 54.6 Å². The number of amides is 6. The van der Waals surface area contributed by atoms with E-state index in [-0.39, 0.29) is 49.8 Å². The molecule has 20 heteroatoms. The molecule has 14 N–H and O–H groups in total. The first-order chi connectivity index (χ1) is 24.4. The number of guanidine groups is 1. The van der Waals surface area contributed by atoms with E-state index in [2.05, 4.69) is 31.6 Å². The topological polar surface area (TPSA) is 342 Å². The highest BCUT2D eigenvalue weighted by Crippen LogP contribution is 2.14. The summed E-state index contributed by atoms with van der Waals surface area (Å²) in [7, 11) is 0. The van der Waals surface area contributed by atoms with Crippen molar-refractivity contribution < 1.29 is 38.8 Å². The molecule has 20 nitrogen and oxygen atoms in total. The number of nitrogens with two attached hydrogens (primary N) is 4. The summed E-state index contributed by atoms with van der Waals surface area (Å²) in [6, 6.07) is -0.576. The lowest BCUT2D eigenvalue weighted by atomic mass is 9.96. The van der Waals surface area contributed by atoms with Crippen LogP contribution in [0.15, 0.2) is 29.3 Å². The summed E-state index contributed by atoms with van der Waals surface area (Å²) in [6.45, 7) is 6.05. The van der Waals surface area contributed by atoms with Gasteiger partial charge in [0.25, 0.3) is 5.69 Å². The molecular formula is C32H53N11O9. The molecule has 0 saturated carbocycles. The molecule has 6 atom stereocenters. The van der Waals surface area contributed by atoms with Gasteiger partial charge in [-0.05, 0) is 36.7 Å². The van der Waals surface area contributed by atoms with Crippen LogP contribution in [-0.4, -0.2) is 101 Å². The molecule has 0 aliphatic rings. The Balaban J connectivity index is 3.07. The van der Waals surface area contributed by atoms with Crippen molar-refractivity contribution in [2.45, 2.75) is 90.0 Å². The highest BCUT2D eigenvalue weighted by atomic mass is 16.6. The molecule has 52 heavy (non-hydrogen) atoms. The summed E-state index contributed by atoms with van der Waals surface area (Å²) >= 11 is 0. The van der Waals surface area contributed by atoms with E-state index in [1.54, 1.807) is 13.8 Å². The van der Waals surface area contributed by atoms with E-state index < -0.39 is 89.6 Å². The summed E-state index contributed by atoms with van der Waals surface area (Å²) in [5.41, 5.74) is 22.2. The number of non-ortho nitro benzene ring substituents is 1. The lowest BCUT2D eigenvalue weighted by molar-refractivity contribution is -0.384. The highest BCUT2D eigenvalue weighted by Gasteiger charge is 2.32. The van der Waals surface area contributed by atoms with Gasteiger partial charge in [-0.3, -0.25) is 43.9 Å². The van der Waals surface area contributed by atoms with Gasteiger partial charge >= 0.3 is 0 Å². The number of carbonyl (C=O) groups excluding carboxylic acids is 6. The largest absolute Gasteiger partial charge is 0.394 e. The van der Waals surface area contributed by atoms with Crippen molar-refractivity contribution in [2.75, 3.05) is 19.7 Å². The van der Waals surface area contributed by atoms with Crippen LogP contribution in [0.4, 0.5) is 5.69 Å². The van der Waals surface area contributed by atoms with E-state index >= 15 is 0 Å². The monoisotopic (exact) mass is 735 g/mol. The molecule has 1 rings (SSSR count). The van der Waals surface area contributed by atoms with Crippen molar-refractivity contribution in [3.05, 3.63) is 39.9 Å². The number of rotatable bonds is 23. The molecule has 0 heterocycles. The van der Waals surface area contributed by atoms with Crippen LogP contribution in [0.3, 0.4) is 0 Å². The van der Waals surface area contributed by atoms with E-state index in [0.29, 0.717) is 12.0 Å². The second kappa shape index (κ2) is 22.4. The summed E-state index contributed by atoms with van der Waals surface area (Å²) < 4.78 is 0. The first-order valence-corrected chi connectivity index (χ1v) is 16.8. The van der Waals surface area contributed by atoms with Gasteiger partial charge in [-0.2, -0.15) is 0 Å². The van der Waals surface area contributed by atoms with Gasteiger partial charge in [0, 0.05) is 25.1 Å². The third kappa shape index (κ3) is 16.1. The number of nitro groups is 1. The third-order valence-corrected chi connectivity index (χ3v) is 7.93. The number of primary amides is 1. The Morgan fingerprint density at radius 1 is 0.865 bits per heavy atom. The second-order valence-electron chi connectivity index (χ2n) is 12.7. The average molecular weight is 736 g/mol. The zero-order chi connectivity index (χ0) is 39.5. The van der Waals surface area contributed by atoms with Crippen molar-refractivity contribution in [1.29, 1.82) is 0 Å². The summed E-state index contributed by atoms with van der Waals surface area (Å²) in [6.07, 6.45) is 0.818. The number of nitrogens with zero attached hydrogens (tertiary/aromatic N) is 2. The predicted molar refractivity (Wildman–Crippen MR) is 191 cm³/mol. The number of aliphatic hydroxyl groups excluding tert-OH is 1. The summed E-state index contributed by atoms with van der Waals surface area (Å²) in [4.78, 5) is 91.7. The first-order valence-electron chi connectivity index (χ1n) is 16.8. The van der Waals surface area contributed by atoms with E-state index in [1.165, 1.54) is 24.3 Å². The number of hydrogen-bond donors (Lipinski definition) is 10. The quantitative estimate of drug-likeness (QED) is 0.0178. The van der Waals surface area contributed by atoms with Crippen LogP contribution in [0, 0.1) is 22.0 Å². The first kappa shape index (κ1) is 44.7. The van der Waals surface area contributed by atoms with Crippen molar-refractivity contribution in [3.8, 4) is 0 Å². The molecule has 290 valence electrons. The van der Waals surface area contributed by atoms with Crippen molar-refractivity contribution >= 4 is 47.1 Å². The van der Waals surface area contributed by atoms with E-state index in [9.17, 15) is 44.0 Å². The third-order valence-electron chi connectivity index (χ3n) is 7.93. The molecule has 0 spiro atoms. The molecule has 0 fully saturated rings. The Labute approximate surface area is 301 Å². The fraction of sp³-hybridized carbons (Fsp3) is 0.594. The molecule has 0 unspecified atom stereocenters. The average Bonchev–Trinajstić information content (AvgIpc) is 3.08. The zero-order valence-electron chi connectivity index (χ0n) is 29.9. The zero-order valence-corrected chi connectivity index (χ0v) is 29.9. The summed E-state index contributed by atoms with van der Waals surface area (Å²) in [5, 5.41) is 32.8. The van der Waals surface area contributed by atoms with Crippen molar-refractivity contribution in [2.24, 2.45) is 39.8 Å². The van der Waals surface area contributed by atoms with Gasteiger partial charge in [0.15, 0.2) is 5.96 Å². The highest BCUT2D eigenvalue weighted by molar-refractivity contribution is 5.95. The molecule has 0 bridgehead atoms. The molecule has 0 aromatic heterocycles. The minimum absolute atomic E-state index is 0.0137. The Hall–Kier alpha value is -5.37. The van der Waals surface area contributed by atoms with E-state index in [4.69, 9.17) is 22.9 Å². The number of nitrogens with one attached hydrogen (secondary N) is 5. The number of carbonyl (C=O) groups is 6. The van der Waals surface area contributed by atoms with Crippen molar-refractivity contribution in [3.63, 3.8) is 0 Å². The van der Waals surface area contributed by atoms with Crippen LogP contribution in [0.25, 0.3) is 0 Å². The Bertz CT molecular complexity index is 1420. The van der Waals surface area contributed by atoms with Gasteiger partial charge in [-0.25, -0.2) is 0 Å². The van der Waals surface area contributed by atoms with Crippen LogP contribution in [0.5, 0.6) is 0 Å². The minimum Gasteiger partial charge on any atom is -0.394 e. The number of hydrogen-bond acceptors (Lipinski definition) is 11. The fourth-order valence-electron chi connectivity index (χ4n) is 4.80. The lowest BCUT2D eigenvalue weighted by Gasteiger charge is -2.27. The molecular weight excluding hydrogens is 682 g/mol. The van der Waals surface area contributed by atoms with Gasteiger partial charge in [0.1, 0.15) is 30.2 Å². The van der Waals surface area contributed by atoms with Crippen LogP contribution in [-0.2, 0) is 35.2 Å². The van der Waals surface area contributed by atoms with Crippen LogP contribution >= 0.6 is 0 Å². The van der Waals surface area contributed by atoms with Crippen LogP contribution in [0.1, 0.15) is 58.9 Å². The molecule has 6 amide bonds. The molecule has 0 aliphatic carbocycles. The lowest BCUT2D eigenvalue weighted by Crippen LogP contribution is -2.58. The molecule has 0 aliphatic heterocycles. The smallest absolute Gasteiger partial charge is 0.269 e. The number of nitro benzene ring substituents is 1. The predicted octanol–water partition coefficient (Wildman–Crippen LogP) is -2.86. The molecule has 1 aromatic rings. The fourth-order valence-corrected chi connectivity index (χ4v) is 4.80. The maximum absolute atomic E-state index is 13.3. The molecule has 1 aromatic carbocycles. The van der Waals surface area contributed by atoms with Gasteiger partial charge in [-0.15, -0.1) is 0 Å². The second-order valence-corrected chi connectivity index (χ2v) is 12.7. The van der Waals surface area contributed by atoms with Gasteiger partial charge in [0.05, 0.1) is 18.1 Å². The normalized spacial score (nSPS) is 14.4. The number of benzene rings is 1. The van der Waals surface area contributed by atoms with Crippen molar-refractivity contribution in [1.82, 2.24) is 26.6 Å². The van der Waals surface area contributed by atoms with Gasteiger partial charge in [0.2, 0.25) is 35.4 Å². The van der Waals surface area contributed by atoms with Gasteiger partial charge in [-0.1, -0.05) is 46.2 Å². The Kier molecular flexibility index (Phi) is 19.3. The molecule has 0 radical (unpaired) electrons.